The number of carbonyl (C=O) groups is 1. The number of nitrogens with zero attached hydrogens (tertiary/aromatic N) is 1. The summed E-state index contributed by atoms with van der Waals surface area (Å²) in [5.74, 6) is -0.141. The van der Waals surface area contributed by atoms with Gasteiger partial charge >= 0.3 is 5.69 Å². The van der Waals surface area contributed by atoms with Gasteiger partial charge in [-0.3, -0.25) is 19.1 Å². The van der Waals surface area contributed by atoms with Crippen molar-refractivity contribution in [3.63, 3.8) is 0 Å². The Hall–Kier alpha value is -3.29. The first kappa shape index (κ1) is 17.5. The molecular weight excluding hydrogens is 340 g/mol. The lowest BCUT2D eigenvalue weighted by Crippen LogP contribution is -2.33. The number of aromatic nitrogens is 2. The lowest BCUT2D eigenvalue weighted by molar-refractivity contribution is 0.104. The van der Waals surface area contributed by atoms with E-state index >= 15 is 0 Å². The van der Waals surface area contributed by atoms with Crippen LogP contribution in [0.2, 0.25) is 0 Å². The van der Waals surface area contributed by atoms with Crippen LogP contribution in [0.25, 0.3) is 6.08 Å². The zero-order valence-corrected chi connectivity index (χ0v) is 14.2. The number of ketones is 1. The molecule has 0 bridgehead atoms. The fraction of sp³-hybridized carbons (Fsp3) is 0.278. The number of fused-ring (bicyclic) bond motifs is 1. The zero-order valence-electron chi connectivity index (χ0n) is 14.2. The summed E-state index contributed by atoms with van der Waals surface area (Å²) < 4.78 is 11.5. The van der Waals surface area contributed by atoms with E-state index in [1.807, 2.05) is 6.92 Å². The van der Waals surface area contributed by atoms with Gasteiger partial charge in [0.15, 0.2) is 17.3 Å². The Labute approximate surface area is 148 Å². The molecule has 3 rings (SSSR count). The van der Waals surface area contributed by atoms with E-state index in [0.29, 0.717) is 23.5 Å². The van der Waals surface area contributed by atoms with Crippen LogP contribution in [0.1, 0.15) is 35.7 Å². The third-order valence-corrected chi connectivity index (χ3v) is 3.98. The van der Waals surface area contributed by atoms with Crippen molar-refractivity contribution >= 4 is 11.9 Å². The number of rotatable bonds is 6. The molecule has 0 amide bonds. The molecule has 0 unspecified atom stereocenters. The molecule has 0 saturated carbocycles. The fourth-order valence-corrected chi connectivity index (χ4v) is 2.58. The minimum atomic E-state index is -0.916. The van der Waals surface area contributed by atoms with E-state index in [2.05, 4.69) is 4.98 Å². The summed E-state index contributed by atoms with van der Waals surface area (Å²) in [4.78, 5) is 38.3. The van der Waals surface area contributed by atoms with E-state index in [0.717, 1.165) is 17.1 Å². The van der Waals surface area contributed by atoms with Crippen LogP contribution in [0.3, 0.4) is 0 Å². The second kappa shape index (κ2) is 7.30. The monoisotopic (exact) mass is 358 g/mol. The first-order valence-electron chi connectivity index (χ1n) is 8.19. The first-order valence-corrected chi connectivity index (χ1v) is 8.19. The summed E-state index contributed by atoms with van der Waals surface area (Å²) in [7, 11) is 0. The van der Waals surface area contributed by atoms with Crippen molar-refractivity contribution in [1.29, 1.82) is 0 Å². The molecule has 1 aliphatic heterocycles. The molecule has 2 N–H and O–H groups in total. The number of hydrogen-bond donors (Lipinski definition) is 2. The number of aromatic amines is 1. The minimum Gasteiger partial charge on any atom is -0.494 e. The number of hydrogen-bond acceptors (Lipinski definition) is 6. The molecule has 2 heterocycles. The van der Waals surface area contributed by atoms with Crippen LogP contribution < -0.4 is 20.7 Å². The van der Waals surface area contributed by atoms with Crippen LogP contribution in [0.5, 0.6) is 17.4 Å². The van der Waals surface area contributed by atoms with Gasteiger partial charge in [0.1, 0.15) is 5.56 Å². The zero-order chi connectivity index (χ0) is 18.7. The normalized spacial score (nSPS) is 12.7. The van der Waals surface area contributed by atoms with Gasteiger partial charge in [-0.1, -0.05) is 25.5 Å². The molecule has 0 radical (unpaired) electrons. The lowest BCUT2D eigenvalue weighted by atomic mass is 10.1. The molecule has 0 spiro atoms. The third-order valence-electron chi connectivity index (χ3n) is 3.98. The fourth-order valence-electron chi connectivity index (χ4n) is 2.58. The van der Waals surface area contributed by atoms with E-state index in [9.17, 15) is 19.5 Å². The van der Waals surface area contributed by atoms with Gasteiger partial charge in [-0.05, 0) is 30.2 Å². The highest BCUT2D eigenvalue weighted by Crippen LogP contribution is 2.32. The van der Waals surface area contributed by atoms with E-state index in [1.54, 1.807) is 18.2 Å². The lowest BCUT2D eigenvalue weighted by Gasteiger charge is -2.09. The van der Waals surface area contributed by atoms with E-state index in [4.69, 9.17) is 9.47 Å². The predicted molar refractivity (Wildman–Crippen MR) is 93.8 cm³/mol. The molecule has 8 heteroatoms. The summed E-state index contributed by atoms with van der Waals surface area (Å²) in [6.45, 7) is 2.28. The minimum absolute atomic E-state index is 0.143. The van der Waals surface area contributed by atoms with Crippen molar-refractivity contribution in [2.75, 3.05) is 6.79 Å². The van der Waals surface area contributed by atoms with Gasteiger partial charge in [0, 0.05) is 6.54 Å². The number of aromatic hydroxyl groups is 1. The smallest absolute Gasteiger partial charge is 0.331 e. The maximum absolute atomic E-state index is 12.4. The van der Waals surface area contributed by atoms with Crippen molar-refractivity contribution in [2.24, 2.45) is 0 Å². The quantitative estimate of drug-likeness (QED) is 0.600. The van der Waals surface area contributed by atoms with Crippen LogP contribution >= 0.6 is 0 Å². The Kier molecular flexibility index (Phi) is 4.92. The van der Waals surface area contributed by atoms with Gasteiger partial charge < -0.3 is 14.6 Å². The van der Waals surface area contributed by atoms with Gasteiger partial charge in [-0.15, -0.1) is 0 Å². The Morgan fingerprint density at radius 2 is 2.08 bits per heavy atom. The highest BCUT2D eigenvalue weighted by molar-refractivity contribution is 6.08. The number of benzene rings is 1. The Balaban J connectivity index is 1.90. The summed E-state index contributed by atoms with van der Waals surface area (Å²) in [5.41, 5.74) is -1.45. The van der Waals surface area contributed by atoms with Gasteiger partial charge in [-0.2, -0.15) is 0 Å². The van der Waals surface area contributed by atoms with Gasteiger partial charge in [0.2, 0.25) is 12.7 Å². The van der Waals surface area contributed by atoms with Crippen molar-refractivity contribution in [3.05, 3.63) is 56.2 Å². The maximum Gasteiger partial charge on any atom is 0.331 e. The molecular formula is C18H18N2O6. The maximum atomic E-state index is 12.4. The largest absolute Gasteiger partial charge is 0.494 e. The van der Waals surface area contributed by atoms with Crippen molar-refractivity contribution in [1.82, 2.24) is 9.55 Å². The summed E-state index contributed by atoms with van der Waals surface area (Å²) in [6, 6.07) is 5.13. The van der Waals surface area contributed by atoms with Gasteiger partial charge in [0.05, 0.1) is 0 Å². The predicted octanol–water partition coefficient (Wildman–Crippen LogP) is 1.67. The number of nitrogens with one attached hydrogen (secondary N) is 1. The van der Waals surface area contributed by atoms with Crippen LogP contribution in [0.15, 0.2) is 33.9 Å². The molecule has 136 valence electrons. The SMILES string of the molecule is CCCCn1c(O)c(C(=O)C=Cc2ccc3c(c2)OCO3)c(=O)[nH]c1=O. The second-order valence-corrected chi connectivity index (χ2v) is 5.77. The first-order chi connectivity index (χ1) is 12.5. The molecule has 8 nitrogen and oxygen atoms in total. The van der Waals surface area contributed by atoms with E-state index in [-0.39, 0.29) is 13.3 Å². The topological polar surface area (TPSA) is 111 Å². The second-order valence-electron chi connectivity index (χ2n) is 5.77. The van der Waals surface area contributed by atoms with E-state index in [1.165, 1.54) is 6.08 Å². The van der Waals surface area contributed by atoms with Gasteiger partial charge in [-0.25, -0.2) is 4.79 Å². The Morgan fingerprint density at radius 1 is 1.31 bits per heavy atom. The number of carbonyl (C=O) groups excluding carboxylic acids is 1. The molecule has 1 aliphatic rings. The van der Waals surface area contributed by atoms with Gasteiger partial charge in [0.25, 0.3) is 5.56 Å². The van der Waals surface area contributed by atoms with Crippen molar-refractivity contribution < 1.29 is 19.4 Å². The van der Waals surface area contributed by atoms with Crippen molar-refractivity contribution in [2.45, 2.75) is 26.3 Å². The van der Waals surface area contributed by atoms with Crippen molar-refractivity contribution in [3.8, 4) is 17.4 Å². The molecule has 26 heavy (non-hydrogen) atoms. The van der Waals surface area contributed by atoms with Crippen LogP contribution in [-0.4, -0.2) is 27.2 Å². The Bertz CT molecular complexity index is 986. The molecule has 0 atom stereocenters. The van der Waals surface area contributed by atoms with E-state index < -0.39 is 28.5 Å². The molecule has 2 aromatic rings. The Morgan fingerprint density at radius 3 is 2.85 bits per heavy atom. The highest BCUT2D eigenvalue weighted by Gasteiger charge is 2.19. The molecule has 0 aliphatic carbocycles. The standard InChI is InChI=1S/C18H18N2O6/c1-2-3-8-20-17(23)15(16(22)19-18(20)24)12(21)6-4-11-5-7-13-14(9-11)26-10-25-13/h4-7,9,23H,2-3,8,10H2,1H3,(H,19,22,24). The third kappa shape index (κ3) is 3.39. The number of H-pyrrole nitrogens is 1. The molecule has 0 saturated heterocycles. The average Bonchev–Trinajstić information content (AvgIpc) is 3.07. The van der Waals surface area contributed by atoms with Crippen LogP contribution in [0, 0.1) is 0 Å². The summed E-state index contributed by atoms with van der Waals surface area (Å²) >= 11 is 0. The average molecular weight is 358 g/mol. The number of ether oxygens (including phenoxy) is 2. The summed E-state index contributed by atoms with van der Waals surface area (Å²) in [5, 5.41) is 10.2. The molecule has 1 aromatic heterocycles. The highest BCUT2D eigenvalue weighted by atomic mass is 16.7. The van der Waals surface area contributed by atoms with Crippen LogP contribution in [-0.2, 0) is 6.54 Å². The number of unbranched alkanes of at least 4 members (excludes halogenated alkanes) is 1. The number of allylic oxidation sites excluding steroid dienone is 1. The summed E-state index contributed by atoms with van der Waals surface area (Å²) in [6.07, 6.45) is 4.07. The molecule has 1 aromatic carbocycles. The molecule has 0 fully saturated rings. The van der Waals surface area contributed by atoms with Crippen LogP contribution in [0.4, 0.5) is 0 Å².